The van der Waals surface area contributed by atoms with Crippen molar-refractivity contribution in [2.75, 3.05) is 13.1 Å². The third-order valence-electron chi connectivity index (χ3n) is 11.0. The Morgan fingerprint density at radius 1 is 0.630 bits per heavy atom. The number of hydrogen-bond acceptors (Lipinski definition) is 4. The van der Waals surface area contributed by atoms with Crippen molar-refractivity contribution in [2.45, 2.75) is 102 Å². The molecule has 8 heteroatoms. The van der Waals surface area contributed by atoms with Crippen molar-refractivity contribution in [3.8, 4) is 11.8 Å². The maximum Gasteiger partial charge on any atom is 0.223 e. The standard InChI is InChI=1S/C38H44N6O2/c45-35(23-25-7-1-2-8-25)43-19-5-11-33(43)37-39-29-17-15-27(21-31(29)41-37)13-14-28-16-18-30-32(22-28)42-38(40-30)34-12-6-20-44(34)36(46)24-26-9-3-4-10-26/h15-18,21-22,25-26,33-34H,1-12,19-20,23-24H2,(H,39,41)(H,40,42)/t33-,34?/m0/s1. The fourth-order valence-corrected chi connectivity index (χ4v) is 8.52. The van der Waals surface area contributed by atoms with Crippen LogP contribution in [0.3, 0.4) is 0 Å². The van der Waals surface area contributed by atoms with E-state index in [0.29, 0.717) is 24.7 Å². The number of nitrogens with zero attached hydrogens (tertiary/aromatic N) is 4. The van der Waals surface area contributed by atoms with Gasteiger partial charge in [0.05, 0.1) is 34.2 Å². The number of carbonyl (C=O) groups is 2. The first-order valence-corrected chi connectivity index (χ1v) is 17.7. The third kappa shape index (κ3) is 5.92. The summed E-state index contributed by atoms with van der Waals surface area (Å²) >= 11 is 0. The average Bonchev–Trinajstić information content (AvgIpc) is 3.91. The fourth-order valence-electron chi connectivity index (χ4n) is 8.52. The van der Waals surface area contributed by atoms with E-state index in [1.165, 1.54) is 51.4 Å². The van der Waals surface area contributed by atoms with Crippen LogP contribution >= 0.6 is 0 Å². The predicted molar refractivity (Wildman–Crippen MR) is 179 cm³/mol. The molecular weight excluding hydrogens is 572 g/mol. The number of benzene rings is 2. The molecule has 2 saturated heterocycles. The van der Waals surface area contributed by atoms with Crippen molar-refractivity contribution in [2.24, 2.45) is 11.8 Å². The molecule has 4 fully saturated rings. The first-order chi connectivity index (χ1) is 22.6. The molecule has 8 nitrogen and oxygen atoms in total. The van der Waals surface area contributed by atoms with Crippen LogP contribution in [0.2, 0.25) is 0 Å². The normalized spacial score (nSPS) is 22.3. The molecule has 2 atom stereocenters. The second-order valence-electron chi connectivity index (χ2n) is 14.2. The van der Waals surface area contributed by atoms with Crippen LogP contribution in [0.5, 0.6) is 0 Å². The van der Waals surface area contributed by atoms with Crippen molar-refractivity contribution in [1.29, 1.82) is 0 Å². The SMILES string of the molecule is O=C(CC1CCCC1)N1CCCC1c1nc2cc(C#Cc3ccc4[nH]c([C@@H]5CCCN5C(=O)CC5CCCC5)nc4c3)ccc2[nH]1. The van der Waals surface area contributed by atoms with Crippen LogP contribution in [0.15, 0.2) is 36.4 Å². The number of aromatic nitrogens is 4. The molecule has 2 amide bonds. The molecule has 2 saturated carbocycles. The van der Waals surface area contributed by atoms with Crippen LogP contribution in [0, 0.1) is 23.7 Å². The molecule has 238 valence electrons. The Morgan fingerprint density at radius 3 is 1.50 bits per heavy atom. The quantitative estimate of drug-likeness (QED) is 0.222. The lowest BCUT2D eigenvalue weighted by molar-refractivity contribution is -0.134. The molecule has 4 aliphatic rings. The summed E-state index contributed by atoms with van der Waals surface area (Å²) < 4.78 is 0. The highest BCUT2D eigenvalue weighted by molar-refractivity contribution is 5.80. The van der Waals surface area contributed by atoms with E-state index >= 15 is 0 Å². The number of carbonyl (C=O) groups excluding carboxylic acids is 2. The van der Waals surface area contributed by atoms with Gasteiger partial charge in [-0.3, -0.25) is 9.59 Å². The summed E-state index contributed by atoms with van der Waals surface area (Å²) in [7, 11) is 0. The van der Waals surface area contributed by atoms with Gasteiger partial charge in [-0.05, 0) is 99.6 Å². The Bertz CT molecular complexity index is 1680. The lowest BCUT2D eigenvalue weighted by Crippen LogP contribution is -2.32. The highest BCUT2D eigenvalue weighted by atomic mass is 16.2. The highest BCUT2D eigenvalue weighted by Gasteiger charge is 2.35. The molecular formula is C38H44N6O2. The van der Waals surface area contributed by atoms with Gasteiger partial charge in [-0.25, -0.2) is 9.97 Å². The van der Waals surface area contributed by atoms with Crippen molar-refractivity contribution in [3.63, 3.8) is 0 Å². The van der Waals surface area contributed by atoms with E-state index in [9.17, 15) is 9.59 Å². The summed E-state index contributed by atoms with van der Waals surface area (Å²) in [6.45, 7) is 1.65. The van der Waals surface area contributed by atoms with E-state index in [4.69, 9.17) is 9.97 Å². The second kappa shape index (κ2) is 12.6. The van der Waals surface area contributed by atoms with Crippen LogP contribution in [0.4, 0.5) is 0 Å². The Morgan fingerprint density at radius 2 is 1.07 bits per heavy atom. The van der Waals surface area contributed by atoms with E-state index in [0.717, 1.165) is 83.6 Å². The largest absolute Gasteiger partial charge is 0.340 e. The molecule has 2 aromatic carbocycles. The minimum absolute atomic E-state index is 0.0306. The first-order valence-electron chi connectivity index (χ1n) is 17.7. The van der Waals surface area contributed by atoms with Gasteiger partial charge in [-0.2, -0.15) is 0 Å². The third-order valence-corrected chi connectivity index (χ3v) is 11.0. The van der Waals surface area contributed by atoms with Crippen molar-refractivity contribution >= 4 is 33.9 Å². The van der Waals surface area contributed by atoms with Crippen LogP contribution in [0.25, 0.3) is 22.1 Å². The summed E-state index contributed by atoms with van der Waals surface area (Å²) in [5.41, 5.74) is 5.51. The average molecular weight is 617 g/mol. The molecule has 2 aromatic heterocycles. The summed E-state index contributed by atoms with van der Waals surface area (Å²) in [5, 5.41) is 0. The number of hydrogen-bond donors (Lipinski definition) is 2. The number of H-pyrrole nitrogens is 2. The molecule has 2 aliphatic heterocycles. The summed E-state index contributed by atoms with van der Waals surface area (Å²) in [5.74, 6) is 10.1. The molecule has 4 aromatic rings. The number of amides is 2. The smallest absolute Gasteiger partial charge is 0.223 e. The van der Waals surface area contributed by atoms with Gasteiger partial charge in [-0.1, -0.05) is 37.5 Å². The second-order valence-corrected chi connectivity index (χ2v) is 14.2. The molecule has 0 spiro atoms. The molecule has 2 aliphatic carbocycles. The Labute approximate surface area is 270 Å². The molecule has 4 heterocycles. The van der Waals surface area contributed by atoms with E-state index < -0.39 is 0 Å². The Balaban J connectivity index is 0.963. The van der Waals surface area contributed by atoms with Crippen LogP contribution in [0.1, 0.15) is 125 Å². The van der Waals surface area contributed by atoms with E-state index in [-0.39, 0.29) is 23.9 Å². The van der Waals surface area contributed by atoms with Crippen LogP contribution < -0.4 is 0 Å². The van der Waals surface area contributed by atoms with Crippen LogP contribution in [-0.2, 0) is 9.59 Å². The van der Waals surface area contributed by atoms with E-state index in [1.54, 1.807) is 0 Å². The van der Waals surface area contributed by atoms with Crippen molar-refractivity contribution in [3.05, 3.63) is 59.2 Å². The zero-order chi connectivity index (χ0) is 31.0. The lowest BCUT2D eigenvalue weighted by atomic mass is 10.0. The summed E-state index contributed by atoms with van der Waals surface area (Å²) in [6, 6.07) is 12.3. The van der Waals surface area contributed by atoms with Gasteiger partial charge in [0.2, 0.25) is 11.8 Å². The maximum absolute atomic E-state index is 13.2. The summed E-state index contributed by atoms with van der Waals surface area (Å²) in [6.07, 6.45) is 15.1. The number of nitrogens with one attached hydrogen (secondary N) is 2. The maximum atomic E-state index is 13.2. The monoisotopic (exact) mass is 616 g/mol. The zero-order valence-corrected chi connectivity index (χ0v) is 26.7. The number of aromatic amines is 2. The zero-order valence-electron chi connectivity index (χ0n) is 26.7. The predicted octanol–water partition coefficient (Wildman–Crippen LogP) is 7.33. The Hall–Kier alpha value is -4.12. The topological polar surface area (TPSA) is 98.0 Å². The molecule has 1 unspecified atom stereocenters. The van der Waals surface area contributed by atoms with Gasteiger partial charge in [0.1, 0.15) is 11.6 Å². The van der Waals surface area contributed by atoms with Gasteiger partial charge in [-0.15, -0.1) is 0 Å². The lowest BCUT2D eigenvalue weighted by Gasteiger charge is -2.24. The van der Waals surface area contributed by atoms with Gasteiger partial charge in [0.25, 0.3) is 0 Å². The van der Waals surface area contributed by atoms with Crippen LogP contribution in [-0.4, -0.2) is 54.6 Å². The molecule has 2 N–H and O–H groups in total. The number of fused-ring (bicyclic) bond motifs is 2. The van der Waals surface area contributed by atoms with Crippen molar-refractivity contribution < 1.29 is 9.59 Å². The molecule has 8 rings (SSSR count). The highest BCUT2D eigenvalue weighted by Crippen LogP contribution is 2.36. The first kappa shape index (κ1) is 29.3. The van der Waals surface area contributed by atoms with Gasteiger partial charge >= 0.3 is 0 Å². The number of likely N-dealkylation sites (tertiary alicyclic amines) is 2. The molecule has 0 radical (unpaired) electrons. The summed E-state index contributed by atoms with van der Waals surface area (Å²) in [4.78, 5) is 47.3. The number of rotatable bonds is 6. The fraction of sp³-hybridized carbons (Fsp3) is 0.526. The minimum atomic E-state index is 0.0306. The molecule has 0 bridgehead atoms. The van der Waals surface area contributed by atoms with E-state index in [1.807, 2.05) is 36.4 Å². The van der Waals surface area contributed by atoms with Crippen molar-refractivity contribution in [1.82, 2.24) is 29.7 Å². The van der Waals surface area contributed by atoms with Gasteiger partial charge < -0.3 is 19.8 Å². The van der Waals surface area contributed by atoms with Gasteiger partial charge in [0.15, 0.2) is 0 Å². The minimum Gasteiger partial charge on any atom is -0.340 e. The van der Waals surface area contributed by atoms with Gasteiger partial charge in [0, 0.05) is 37.1 Å². The number of imidazole rings is 2. The molecule has 46 heavy (non-hydrogen) atoms. The Kier molecular flexibility index (Phi) is 8.01. The van der Waals surface area contributed by atoms with E-state index in [2.05, 4.69) is 31.6 Å².